The third-order valence-electron chi connectivity index (χ3n) is 5.26. The van der Waals surface area contributed by atoms with E-state index in [2.05, 4.69) is 0 Å². The van der Waals surface area contributed by atoms with E-state index in [4.69, 9.17) is 14.2 Å². The molecular formula is C27H30O6. The van der Waals surface area contributed by atoms with Crippen LogP contribution in [0.15, 0.2) is 91.0 Å². The van der Waals surface area contributed by atoms with Crippen molar-refractivity contribution in [2.45, 2.75) is 31.3 Å². The van der Waals surface area contributed by atoms with Crippen molar-refractivity contribution in [1.29, 1.82) is 0 Å². The van der Waals surface area contributed by atoms with Gasteiger partial charge in [0.15, 0.2) is 6.29 Å². The monoisotopic (exact) mass is 450 g/mol. The predicted molar refractivity (Wildman–Crippen MR) is 124 cm³/mol. The summed E-state index contributed by atoms with van der Waals surface area (Å²) in [5.74, 6) is -0.510. The van der Waals surface area contributed by atoms with Crippen LogP contribution in [0.5, 0.6) is 0 Å². The Labute approximate surface area is 194 Å². The van der Waals surface area contributed by atoms with E-state index in [0.717, 1.165) is 16.7 Å². The van der Waals surface area contributed by atoms with E-state index in [-0.39, 0.29) is 26.2 Å². The van der Waals surface area contributed by atoms with Gasteiger partial charge in [0.2, 0.25) is 0 Å². The van der Waals surface area contributed by atoms with Crippen LogP contribution in [0.3, 0.4) is 0 Å². The van der Waals surface area contributed by atoms with E-state index in [9.17, 15) is 15.0 Å². The van der Waals surface area contributed by atoms with Gasteiger partial charge in [-0.05, 0) is 23.1 Å². The van der Waals surface area contributed by atoms with Crippen molar-refractivity contribution in [2.24, 2.45) is 0 Å². The van der Waals surface area contributed by atoms with Gasteiger partial charge in [0.05, 0.1) is 12.7 Å². The summed E-state index contributed by atoms with van der Waals surface area (Å²) in [5, 5.41) is 19.7. The zero-order chi connectivity index (χ0) is 23.5. The van der Waals surface area contributed by atoms with Crippen molar-refractivity contribution in [1.82, 2.24) is 0 Å². The highest BCUT2D eigenvalue weighted by atomic mass is 16.6. The van der Waals surface area contributed by atoms with E-state index >= 15 is 0 Å². The number of aliphatic hydroxyl groups is 2. The van der Waals surface area contributed by atoms with E-state index in [1.165, 1.54) is 6.92 Å². The first-order valence-corrected chi connectivity index (χ1v) is 10.9. The maximum atomic E-state index is 11.0. The fourth-order valence-electron chi connectivity index (χ4n) is 3.77. The molecule has 174 valence electrons. The highest BCUT2D eigenvalue weighted by Crippen LogP contribution is 2.40. The molecule has 0 spiro atoms. The Morgan fingerprint density at radius 1 is 0.818 bits per heavy atom. The lowest BCUT2D eigenvalue weighted by Crippen LogP contribution is -2.38. The average molecular weight is 451 g/mol. The number of hydrogen-bond acceptors (Lipinski definition) is 6. The minimum absolute atomic E-state index is 0.0797. The van der Waals surface area contributed by atoms with Crippen LogP contribution in [-0.4, -0.2) is 48.4 Å². The molecule has 0 heterocycles. The Bertz CT molecular complexity index is 865. The fourth-order valence-corrected chi connectivity index (χ4v) is 3.77. The van der Waals surface area contributed by atoms with Gasteiger partial charge in [-0.15, -0.1) is 0 Å². The number of aliphatic hydroxyl groups excluding tert-OH is 2. The van der Waals surface area contributed by atoms with Gasteiger partial charge in [-0.3, -0.25) is 4.79 Å². The van der Waals surface area contributed by atoms with Crippen molar-refractivity contribution in [3.8, 4) is 0 Å². The van der Waals surface area contributed by atoms with E-state index in [1.807, 2.05) is 91.0 Å². The maximum absolute atomic E-state index is 11.0. The molecule has 2 N–H and O–H groups in total. The second-order valence-electron chi connectivity index (χ2n) is 7.62. The number of benzene rings is 3. The third-order valence-corrected chi connectivity index (χ3v) is 5.26. The Morgan fingerprint density at radius 2 is 1.27 bits per heavy atom. The largest absolute Gasteiger partial charge is 0.460 e. The summed E-state index contributed by atoms with van der Waals surface area (Å²) in [6, 6.07) is 29.7. The lowest BCUT2D eigenvalue weighted by atomic mass is 9.80. The molecule has 3 rings (SSSR count). The SMILES string of the molecule is CC(=O)OCC(O)O[C@@H](CCO)COC(c1ccccc1)(c1ccccc1)c1ccccc1. The number of carbonyl (C=O) groups excluding carboxylic acids is 1. The van der Waals surface area contributed by atoms with Crippen molar-refractivity contribution in [2.75, 3.05) is 19.8 Å². The Hall–Kier alpha value is -3.03. The van der Waals surface area contributed by atoms with E-state index in [0.29, 0.717) is 0 Å². The molecule has 0 aliphatic rings. The van der Waals surface area contributed by atoms with Crippen LogP contribution in [0.2, 0.25) is 0 Å². The Balaban J connectivity index is 1.96. The second-order valence-corrected chi connectivity index (χ2v) is 7.62. The number of ether oxygens (including phenoxy) is 3. The standard InChI is InChI=1S/C27H30O6/c1-21(29)31-20-26(30)33-25(17-18-28)19-32-27(22-11-5-2-6-12-22,23-13-7-3-8-14-23)24-15-9-4-10-16-24/h2-16,25-26,28,30H,17-20H2,1H3/t25-,26?/m0/s1. The zero-order valence-electron chi connectivity index (χ0n) is 18.7. The van der Waals surface area contributed by atoms with Crippen LogP contribution in [0, 0.1) is 0 Å². The first-order valence-electron chi connectivity index (χ1n) is 10.9. The highest BCUT2D eigenvalue weighted by molar-refractivity contribution is 5.65. The zero-order valence-corrected chi connectivity index (χ0v) is 18.7. The molecule has 0 saturated heterocycles. The molecule has 6 nitrogen and oxygen atoms in total. The number of rotatable bonds is 12. The van der Waals surface area contributed by atoms with Crippen LogP contribution in [0.1, 0.15) is 30.0 Å². The summed E-state index contributed by atoms with van der Waals surface area (Å²) in [6.07, 6.45) is -1.71. The molecular weight excluding hydrogens is 420 g/mol. The molecule has 33 heavy (non-hydrogen) atoms. The van der Waals surface area contributed by atoms with Crippen molar-refractivity contribution in [3.05, 3.63) is 108 Å². The van der Waals surface area contributed by atoms with Gasteiger partial charge in [-0.1, -0.05) is 91.0 Å². The first kappa shape index (κ1) is 24.6. The quantitative estimate of drug-likeness (QED) is 0.249. The minimum atomic E-state index is -1.33. The predicted octanol–water partition coefficient (Wildman–Crippen LogP) is 3.64. The molecule has 0 radical (unpaired) electrons. The molecule has 0 aliphatic heterocycles. The summed E-state index contributed by atoms with van der Waals surface area (Å²) < 4.78 is 17.1. The molecule has 3 aromatic rings. The molecule has 1 unspecified atom stereocenters. The summed E-state index contributed by atoms with van der Waals surface area (Å²) in [4.78, 5) is 11.0. The molecule has 0 saturated carbocycles. The maximum Gasteiger partial charge on any atom is 0.302 e. The Kier molecular flexibility index (Phi) is 9.15. The van der Waals surface area contributed by atoms with Gasteiger partial charge in [-0.2, -0.15) is 0 Å². The molecule has 0 aliphatic carbocycles. The highest BCUT2D eigenvalue weighted by Gasteiger charge is 2.38. The summed E-state index contributed by atoms with van der Waals surface area (Å²) in [5.41, 5.74) is 1.86. The van der Waals surface area contributed by atoms with Gasteiger partial charge in [0, 0.05) is 13.5 Å². The molecule has 2 atom stereocenters. The van der Waals surface area contributed by atoms with E-state index < -0.39 is 24.0 Å². The third kappa shape index (κ3) is 6.49. The molecule has 6 heteroatoms. The normalized spacial score (nSPS) is 13.3. The number of hydrogen-bond donors (Lipinski definition) is 2. The van der Waals surface area contributed by atoms with Gasteiger partial charge < -0.3 is 24.4 Å². The fraction of sp³-hybridized carbons (Fsp3) is 0.296. The van der Waals surface area contributed by atoms with Crippen LogP contribution < -0.4 is 0 Å². The molecule has 0 bridgehead atoms. The van der Waals surface area contributed by atoms with Crippen LogP contribution >= 0.6 is 0 Å². The van der Waals surface area contributed by atoms with E-state index in [1.54, 1.807) is 0 Å². The van der Waals surface area contributed by atoms with Crippen LogP contribution in [0.4, 0.5) is 0 Å². The minimum Gasteiger partial charge on any atom is -0.460 e. The summed E-state index contributed by atoms with van der Waals surface area (Å²) in [6.45, 7) is 0.896. The first-order chi connectivity index (χ1) is 16.1. The van der Waals surface area contributed by atoms with Gasteiger partial charge >= 0.3 is 5.97 Å². The lowest BCUT2D eigenvalue weighted by Gasteiger charge is -2.37. The smallest absolute Gasteiger partial charge is 0.302 e. The molecule has 0 fully saturated rings. The summed E-state index contributed by atoms with van der Waals surface area (Å²) in [7, 11) is 0. The average Bonchev–Trinajstić information content (AvgIpc) is 2.85. The van der Waals surface area contributed by atoms with Crippen LogP contribution in [-0.2, 0) is 24.6 Å². The van der Waals surface area contributed by atoms with Crippen molar-refractivity contribution < 1.29 is 29.2 Å². The Morgan fingerprint density at radius 3 is 1.67 bits per heavy atom. The van der Waals surface area contributed by atoms with Crippen molar-refractivity contribution in [3.63, 3.8) is 0 Å². The number of esters is 1. The van der Waals surface area contributed by atoms with Crippen LogP contribution in [0.25, 0.3) is 0 Å². The van der Waals surface area contributed by atoms with Gasteiger partial charge in [-0.25, -0.2) is 0 Å². The molecule has 0 aromatic heterocycles. The lowest BCUT2D eigenvalue weighted by molar-refractivity contribution is -0.192. The van der Waals surface area contributed by atoms with Gasteiger partial charge in [0.1, 0.15) is 12.2 Å². The molecule has 0 amide bonds. The van der Waals surface area contributed by atoms with Crippen molar-refractivity contribution >= 4 is 5.97 Å². The van der Waals surface area contributed by atoms with Gasteiger partial charge in [0.25, 0.3) is 0 Å². The summed E-state index contributed by atoms with van der Waals surface area (Å²) >= 11 is 0. The molecule has 3 aromatic carbocycles. The number of carbonyl (C=O) groups is 1. The second kappa shape index (κ2) is 12.3. The topological polar surface area (TPSA) is 85.2 Å².